The monoisotopic (exact) mass is 264 g/mol. The van der Waals surface area contributed by atoms with E-state index in [0.29, 0.717) is 16.5 Å². The number of para-hydroxylation sites is 1. The number of hydrogen-bond donors (Lipinski definition) is 1. The molecule has 0 saturated carbocycles. The molecule has 5 nitrogen and oxygen atoms in total. The van der Waals surface area contributed by atoms with E-state index in [1.807, 2.05) is 0 Å². The van der Waals surface area contributed by atoms with Crippen LogP contribution in [0.1, 0.15) is 0 Å². The molecule has 0 aliphatic carbocycles. The van der Waals surface area contributed by atoms with Gasteiger partial charge in [-0.15, -0.1) is 0 Å². The maximum Gasteiger partial charge on any atom is 0.271 e. The predicted molar refractivity (Wildman–Crippen MR) is 69.0 cm³/mol. The quantitative estimate of drug-likeness (QED) is 0.522. The highest BCUT2D eigenvalue weighted by Gasteiger charge is 2.11. The van der Waals surface area contributed by atoms with Crippen molar-refractivity contribution in [1.82, 2.24) is 0 Å². The van der Waals surface area contributed by atoms with Crippen molar-refractivity contribution in [3.63, 3.8) is 0 Å². The number of non-ortho nitro benzene ring substituents is 1. The molecule has 2 rings (SSSR count). The van der Waals surface area contributed by atoms with E-state index in [2.05, 4.69) is 0 Å². The van der Waals surface area contributed by atoms with E-state index in [1.54, 1.807) is 24.3 Å². The zero-order valence-corrected chi connectivity index (χ0v) is 9.92. The van der Waals surface area contributed by atoms with Gasteiger partial charge in [-0.2, -0.15) is 0 Å². The Kier molecular flexibility index (Phi) is 3.34. The van der Waals surface area contributed by atoms with Crippen molar-refractivity contribution in [1.29, 1.82) is 0 Å². The lowest BCUT2D eigenvalue weighted by Gasteiger charge is -2.09. The molecule has 0 saturated heterocycles. The van der Waals surface area contributed by atoms with Gasteiger partial charge in [0.2, 0.25) is 0 Å². The van der Waals surface area contributed by atoms with Crippen LogP contribution < -0.4 is 10.5 Å². The van der Waals surface area contributed by atoms with Gasteiger partial charge in [0.1, 0.15) is 5.75 Å². The Hall–Kier alpha value is -2.27. The summed E-state index contributed by atoms with van der Waals surface area (Å²) < 4.78 is 5.50. The van der Waals surface area contributed by atoms with Crippen LogP contribution in [-0.2, 0) is 0 Å². The van der Waals surface area contributed by atoms with Crippen molar-refractivity contribution in [2.75, 3.05) is 5.73 Å². The van der Waals surface area contributed by atoms with Crippen molar-refractivity contribution in [3.05, 3.63) is 57.6 Å². The van der Waals surface area contributed by atoms with E-state index in [-0.39, 0.29) is 11.4 Å². The van der Waals surface area contributed by atoms with Crippen LogP contribution in [0.4, 0.5) is 11.4 Å². The second-order valence-corrected chi connectivity index (χ2v) is 3.92. The SMILES string of the molecule is Nc1cc([N+](=O)[O-])ccc1Oc1ccccc1Cl. The third-order valence-electron chi connectivity index (χ3n) is 2.26. The summed E-state index contributed by atoms with van der Waals surface area (Å²) in [6, 6.07) is 10.9. The van der Waals surface area contributed by atoms with Gasteiger partial charge in [-0.1, -0.05) is 23.7 Å². The lowest BCUT2D eigenvalue weighted by molar-refractivity contribution is -0.384. The molecule has 0 heterocycles. The Bertz CT molecular complexity index is 602. The van der Waals surface area contributed by atoms with E-state index < -0.39 is 4.92 Å². The molecule has 0 bridgehead atoms. The van der Waals surface area contributed by atoms with Crippen LogP contribution in [-0.4, -0.2) is 4.92 Å². The molecular weight excluding hydrogens is 256 g/mol. The number of nitrogen functional groups attached to an aromatic ring is 1. The molecule has 6 heteroatoms. The van der Waals surface area contributed by atoms with Gasteiger partial charge < -0.3 is 10.5 Å². The smallest absolute Gasteiger partial charge is 0.271 e. The second kappa shape index (κ2) is 4.93. The second-order valence-electron chi connectivity index (χ2n) is 3.51. The third-order valence-corrected chi connectivity index (χ3v) is 2.57. The molecule has 2 aromatic carbocycles. The molecule has 0 aromatic heterocycles. The summed E-state index contributed by atoms with van der Waals surface area (Å²) in [6.07, 6.45) is 0. The number of nitro benzene ring substituents is 1. The Morgan fingerprint density at radius 3 is 2.50 bits per heavy atom. The molecule has 0 spiro atoms. The Balaban J connectivity index is 2.30. The van der Waals surface area contributed by atoms with E-state index in [1.165, 1.54) is 18.2 Å². The first-order valence-corrected chi connectivity index (χ1v) is 5.42. The molecule has 0 atom stereocenters. The maximum atomic E-state index is 10.6. The zero-order valence-electron chi connectivity index (χ0n) is 9.17. The molecule has 0 fully saturated rings. The number of hydrogen-bond acceptors (Lipinski definition) is 4. The molecule has 0 aliphatic heterocycles. The molecule has 0 unspecified atom stereocenters. The van der Waals surface area contributed by atoms with Crippen molar-refractivity contribution in [2.24, 2.45) is 0 Å². The molecule has 18 heavy (non-hydrogen) atoms. The van der Waals surface area contributed by atoms with Crippen LogP contribution in [0.3, 0.4) is 0 Å². The summed E-state index contributed by atoms with van der Waals surface area (Å²) in [5.41, 5.74) is 5.78. The molecule has 92 valence electrons. The van der Waals surface area contributed by atoms with Crippen LogP contribution in [0.2, 0.25) is 5.02 Å². The summed E-state index contributed by atoms with van der Waals surface area (Å²) in [5, 5.41) is 11.0. The molecule has 2 aromatic rings. The summed E-state index contributed by atoms with van der Waals surface area (Å²) in [6.45, 7) is 0. The first-order valence-electron chi connectivity index (χ1n) is 5.04. The Labute approximate surface area is 108 Å². The zero-order chi connectivity index (χ0) is 13.1. The van der Waals surface area contributed by atoms with Crippen molar-refractivity contribution >= 4 is 23.0 Å². The standard InChI is InChI=1S/C12H9ClN2O3/c13-9-3-1-2-4-11(9)18-12-6-5-8(15(16)17)7-10(12)14/h1-7H,14H2. The van der Waals surface area contributed by atoms with Crippen LogP contribution in [0.5, 0.6) is 11.5 Å². The average molecular weight is 265 g/mol. The van der Waals surface area contributed by atoms with Gasteiger partial charge in [-0.05, 0) is 18.2 Å². The van der Waals surface area contributed by atoms with Crippen molar-refractivity contribution in [3.8, 4) is 11.5 Å². The minimum Gasteiger partial charge on any atom is -0.454 e. The fourth-order valence-electron chi connectivity index (χ4n) is 1.39. The largest absolute Gasteiger partial charge is 0.454 e. The van der Waals surface area contributed by atoms with Gasteiger partial charge in [-0.3, -0.25) is 10.1 Å². The van der Waals surface area contributed by atoms with Crippen molar-refractivity contribution in [2.45, 2.75) is 0 Å². The highest BCUT2D eigenvalue weighted by molar-refractivity contribution is 6.32. The van der Waals surface area contributed by atoms with Gasteiger partial charge in [0.25, 0.3) is 5.69 Å². The van der Waals surface area contributed by atoms with E-state index >= 15 is 0 Å². The number of benzene rings is 2. The minimum absolute atomic E-state index is 0.0843. The number of halogens is 1. The first kappa shape index (κ1) is 12.2. The third kappa shape index (κ3) is 2.52. The summed E-state index contributed by atoms with van der Waals surface area (Å²) in [5.74, 6) is 0.772. The summed E-state index contributed by atoms with van der Waals surface area (Å²) >= 11 is 5.93. The number of nitro groups is 1. The Morgan fingerprint density at radius 1 is 1.17 bits per heavy atom. The first-order chi connectivity index (χ1) is 8.58. The minimum atomic E-state index is -0.518. The van der Waals surface area contributed by atoms with Crippen molar-refractivity contribution < 1.29 is 9.66 Å². The number of ether oxygens (including phenoxy) is 1. The molecule has 2 N–H and O–H groups in total. The fourth-order valence-corrected chi connectivity index (χ4v) is 1.56. The molecular formula is C12H9ClN2O3. The van der Waals surface area contributed by atoms with Gasteiger partial charge >= 0.3 is 0 Å². The average Bonchev–Trinajstić information content (AvgIpc) is 2.34. The van der Waals surface area contributed by atoms with E-state index in [0.717, 1.165) is 0 Å². The van der Waals surface area contributed by atoms with E-state index in [4.69, 9.17) is 22.1 Å². The molecule has 0 radical (unpaired) electrons. The van der Waals surface area contributed by atoms with Crippen LogP contribution >= 0.6 is 11.6 Å². The van der Waals surface area contributed by atoms with E-state index in [9.17, 15) is 10.1 Å². The topological polar surface area (TPSA) is 78.4 Å². The fraction of sp³-hybridized carbons (Fsp3) is 0. The number of rotatable bonds is 3. The predicted octanol–water partition coefficient (Wildman–Crippen LogP) is 3.62. The lowest BCUT2D eigenvalue weighted by atomic mass is 10.2. The number of nitrogens with two attached hydrogens (primary N) is 1. The molecule has 0 amide bonds. The van der Waals surface area contributed by atoms with Crippen LogP contribution in [0.15, 0.2) is 42.5 Å². The van der Waals surface area contributed by atoms with Crippen LogP contribution in [0.25, 0.3) is 0 Å². The van der Waals surface area contributed by atoms with Gasteiger partial charge in [0, 0.05) is 12.1 Å². The normalized spacial score (nSPS) is 10.1. The summed E-state index contributed by atoms with van der Waals surface area (Å²) in [4.78, 5) is 10.0. The van der Waals surface area contributed by atoms with Crippen LogP contribution in [0, 0.1) is 10.1 Å². The maximum absolute atomic E-state index is 10.6. The van der Waals surface area contributed by atoms with Gasteiger partial charge in [0.15, 0.2) is 5.75 Å². The molecule has 0 aliphatic rings. The number of anilines is 1. The highest BCUT2D eigenvalue weighted by atomic mass is 35.5. The number of nitrogens with zero attached hydrogens (tertiary/aromatic N) is 1. The van der Waals surface area contributed by atoms with Gasteiger partial charge in [0.05, 0.1) is 15.6 Å². The van der Waals surface area contributed by atoms with Gasteiger partial charge in [-0.25, -0.2) is 0 Å². The highest BCUT2D eigenvalue weighted by Crippen LogP contribution is 2.33. The Morgan fingerprint density at radius 2 is 1.89 bits per heavy atom. The lowest BCUT2D eigenvalue weighted by Crippen LogP contribution is -1.95. The summed E-state index contributed by atoms with van der Waals surface area (Å²) in [7, 11) is 0.